The van der Waals surface area contributed by atoms with Crippen LogP contribution >= 0.6 is 12.6 Å². The van der Waals surface area contributed by atoms with Crippen molar-refractivity contribution in [3.8, 4) is 0 Å². The van der Waals surface area contributed by atoms with Crippen molar-refractivity contribution >= 4 is 18.5 Å². The first-order valence-corrected chi connectivity index (χ1v) is 9.81. The zero-order chi connectivity index (χ0) is 20.0. The van der Waals surface area contributed by atoms with Gasteiger partial charge in [0, 0.05) is 30.9 Å². The van der Waals surface area contributed by atoms with Crippen LogP contribution in [-0.4, -0.2) is 36.3 Å². The van der Waals surface area contributed by atoms with Crippen LogP contribution < -0.4 is 16.0 Å². The summed E-state index contributed by atoms with van der Waals surface area (Å²) in [6.45, 7) is 5.71. The van der Waals surface area contributed by atoms with Crippen LogP contribution in [0.4, 0.5) is 13.2 Å². The van der Waals surface area contributed by atoms with E-state index in [4.69, 9.17) is 0 Å². The minimum Gasteiger partial charge on any atom is -0.353 e. The Morgan fingerprint density at radius 1 is 1.33 bits per heavy atom. The van der Waals surface area contributed by atoms with Gasteiger partial charge in [-0.2, -0.15) is 25.8 Å². The van der Waals surface area contributed by atoms with Gasteiger partial charge in [-0.15, -0.1) is 0 Å². The minimum atomic E-state index is -4.34. The van der Waals surface area contributed by atoms with Crippen molar-refractivity contribution in [2.24, 2.45) is 5.92 Å². The molecule has 2 unspecified atom stereocenters. The van der Waals surface area contributed by atoms with E-state index in [2.05, 4.69) is 28.6 Å². The number of amides is 1. The highest BCUT2D eigenvalue weighted by atomic mass is 32.1. The summed E-state index contributed by atoms with van der Waals surface area (Å²) < 4.78 is 37.9. The Kier molecular flexibility index (Phi) is 8.00. The Morgan fingerprint density at radius 2 is 2.00 bits per heavy atom. The molecule has 1 amide bonds. The molecule has 0 spiro atoms. The molecule has 0 radical (unpaired) electrons. The van der Waals surface area contributed by atoms with Crippen molar-refractivity contribution in [3.05, 3.63) is 35.4 Å². The number of hydrogen-bond donors (Lipinski definition) is 4. The Bertz CT molecular complexity index is 609. The van der Waals surface area contributed by atoms with Crippen LogP contribution in [0.25, 0.3) is 0 Å². The first kappa shape index (κ1) is 22.0. The van der Waals surface area contributed by atoms with Gasteiger partial charge in [-0.05, 0) is 30.0 Å². The first-order valence-electron chi connectivity index (χ1n) is 9.29. The number of hydrogen-bond acceptors (Lipinski definition) is 4. The summed E-state index contributed by atoms with van der Waals surface area (Å²) in [4.78, 5) is 12.6. The van der Waals surface area contributed by atoms with Gasteiger partial charge < -0.3 is 16.0 Å². The quantitative estimate of drug-likeness (QED) is 0.505. The average Bonchev–Trinajstić information content (AvgIpc) is 3.04. The number of rotatable bonds is 8. The largest absolute Gasteiger partial charge is 0.416 e. The van der Waals surface area contributed by atoms with Gasteiger partial charge in [-0.1, -0.05) is 32.4 Å². The molecule has 4 nitrogen and oxygen atoms in total. The van der Waals surface area contributed by atoms with E-state index in [0.717, 1.165) is 31.5 Å². The number of thiol groups is 1. The molecule has 1 aliphatic rings. The highest BCUT2D eigenvalue weighted by Gasteiger charge is 2.30. The molecule has 8 heteroatoms. The molecular weight excluding hydrogens is 375 g/mol. The van der Waals surface area contributed by atoms with Crippen LogP contribution in [-0.2, 0) is 17.5 Å². The van der Waals surface area contributed by atoms with Crippen LogP contribution in [0.3, 0.4) is 0 Å². The minimum absolute atomic E-state index is 0.0827. The molecule has 1 aromatic rings. The summed E-state index contributed by atoms with van der Waals surface area (Å²) in [5.74, 6) is 0.0225. The Morgan fingerprint density at radius 3 is 2.52 bits per heavy atom. The van der Waals surface area contributed by atoms with Gasteiger partial charge in [-0.3, -0.25) is 4.79 Å². The smallest absolute Gasteiger partial charge is 0.353 e. The van der Waals surface area contributed by atoms with Gasteiger partial charge in [0.25, 0.3) is 0 Å². The normalized spacial score (nSPS) is 22.4. The molecule has 0 aromatic heterocycles. The van der Waals surface area contributed by atoms with Crippen molar-refractivity contribution in [2.75, 3.05) is 13.1 Å². The summed E-state index contributed by atoms with van der Waals surface area (Å²) in [5.41, 5.74) is 0.0357. The predicted octanol–water partition coefficient (Wildman–Crippen LogP) is 2.99. The van der Waals surface area contributed by atoms with Crippen LogP contribution in [0.15, 0.2) is 24.3 Å². The summed E-state index contributed by atoms with van der Waals surface area (Å²) in [6.07, 6.45) is -2.61. The lowest BCUT2D eigenvalue weighted by atomic mass is 9.97. The van der Waals surface area contributed by atoms with Gasteiger partial charge in [0.1, 0.15) is 0 Å². The molecule has 0 saturated carbocycles. The zero-order valence-corrected chi connectivity index (χ0v) is 16.5. The van der Waals surface area contributed by atoms with E-state index in [9.17, 15) is 18.0 Å². The first-order chi connectivity index (χ1) is 12.7. The van der Waals surface area contributed by atoms with Gasteiger partial charge in [0.05, 0.1) is 11.6 Å². The third-order valence-corrected chi connectivity index (χ3v) is 5.42. The SMILES string of the molecule is CC[C@H](C)[C@H](NCc1ccc(C(F)(F)F)cc1)C(=O)NCC1CC(S)CN1. The fourth-order valence-corrected chi connectivity index (χ4v) is 3.47. The van der Waals surface area contributed by atoms with Crippen molar-refractivity contribution < 1.29 is 18.0 Å². The third kappa shape index (κ3) is 6.69. The average molecular weight is 404 g/mol. The van der Waals surface area contributed by atoms with E-state index in [1.165, 1.54) is 12.1 Å². The summed E-state index contributed by atoms with van der Waals surface area (Å²) in [7, 11) is 0. The van der Waals surface area contributed by atoms with Gasteiger partial charge in [-0.25, -0.2) is 0 Å². The maximum absolute atomic E-state index is 12.6. The Labute approximate surface area is 164 Å². The van der Waals surface area contributed by atoms with Crippen molar-refractivity contribution in [3.63, 3.8) is 0 Å². The molecule has 0 bridgehead atoms. The Hall–Kier alpha value is -1.25. The molecule has 1 saturated heterocycles. The highest BCUT2D eigenvalue weighted by molar-refractivity contribution is 7.81. The topological polar surface area (TPSA) is 53.2 Å². The zero-order valence-electron chi connectivity index (χ0n) is 15.6. The molecule has 1 fully saturated rings. The number of carbonyl (C=O) groups is 1. The lowest BCUT2D eigenvalue weighted by molar-refractivity contribution is -0.137. The second kappa shape index (κ2) is 9.80. The molecule has 152 valence electrons. The van der Waals surface area contributed by atoms with Crippen LogP contribution in [0.1, 0.15) is 37.8 Å². The molecular formula is C19H28F3N3OS. The number of nitrogens with one attached hydrogen (secondary N) is 3. The van der Waals surface area contributed by atoms with E-state index < -0.39 is 17.8 Å². The summed E-state index contributed by atoms with van der Waals surface area (Å²) >= 11 is 4.43. The highest BCUT2D eigenvalue weighted by Crippen LogP contribution is 2.29. The summed E-state index contributed by atoms with van der Waals surface area (Å²) in [6, 6.07) is 4.84. The van der Waals surface area contributed by atoms with Gasteiger partial charge in [0.15, 0.2) is 0 Å². The maximum Gasteiger partial charge on any atom is 0.416 e. The number of carbonyl (C=O) groups excluding carboxylic acids is 1. The van der Waals surface area contributed by atoms with E-state index in [1.807, 2.05) is 13.8 Å². The molecule has 27 heavy (non-hydrogen) atoms. The monoisotopic (exact) mass is 403 g/mol. The standard InChI is InChI=1S/C19H28F3N3OS/c1-3-12(2)17(18(26)25-10-15-8-16(27)11-23-15)24-9-13-4-6-14(7-5-13)19(20,21)22/h4-7,12,15-17,23-24,27H,3,8-11H2,1-2H3,(H,25,26)/t12-,15?,16?,17-/m0/s1. The summed E-state index contributed by atoms with van der Waals surface area (Å²) in [5, 5.41) is 9.81. The molecule has 3 N–H and O–H groups in total. The maximum atomic E-state index is 12.6. The Balaban J connectivity index is 1.90. The molecule has 4 atom stereocenters. The van der Waals surface area contributed by atoms with E-state index in [1.54, 1.807) is 0 Å². The van der Waals surface area contributed by atoms with Crippen LogP contribution in [0.2, 0.25) is 0 Å². The van der Waals surface area contributed by atoms with Crippen LogP contribution in [0, 0.1) is 5.92 Å². The molecule has 1 aliphatic heterocycles. The molecule has 1 heterocycles. The van der Waals surface area contributed by atoms with Gasteiger partial charge in [0.2, 0.25) is 5.91 Å². The van der Waals surface area contributed by atoms with Gasteiger partial charge >= 0.3 is 6.18 Å². The van der Waals surface area contributed by atoms with Crippen molar-refractivity contribution in [1.82, 2.24) is 16.0 Å². The molecule has 2 rings (SSSR count). The van der Waals surface area contributed by atoms with Crippen molar-refractivity contribution in [1.29, 1.82) is 0 Å². The number of alkyl halides is 3. The second-order valence-corrected chi connectivity index (χ2v) is 7.91. The van der Waals surface area contributed by atoms with E-state index >= 15 is 0 Å². The number of benzene rings is 1. The van der Waals surface area contributed by atoms with Crippen molar-refractivity contribution in [2.45, 2.75) is 56.7 Å². The lowest BCUT2D eigenvalue weighted by Gasteiger charge is -2.24. The van der Waals surface area contributed by atoms with Crippen LogP contribution in [0.5, 0.6) is 0 Å². The van der Waals surface area contributed by atoms with E-state index in [-0.39, 0.29) is 17.9 Å². The number of halogens is 3. The third-order valence-electron chi connectivity index (χ3n) is 5.02. The fourth-order valence-electron chi connectivity index (χ4n) is 3.11. The van der Waals surface area contributed by atoms with E-state index in [0.29, 0.717) is 23.9 Å². The second-order valence-electron chi connectivity index (χ2n) is 7.18. The molecule has 1 aromatic carbocycles. The fraction of sp³-hybridized carbons (Fsp3) is 0.632. The molecule has 0 aliphatic carbocycles. The lowest BCUT2D eigenvalue weighted by Crippen LogP contribution is -2.50. The predicted molar refractivity (Wildman–Crippen MR) is 104 cm³/mol.